The standard InChI is InChI=1S/C17H30N4O4S/c1-3-11-25-16-6-5-14(12-15(16)20-26(2,23)24)17(22)19-7-4-9-21-10-8-18-13-21/h8,10,13-16,20H,3-7,9,11-12H2,1-2H3,(H,19,22)/t14-,15+,16+/m0/s1. The normalized spacial score (nSPS) is 23.7. The highest BCUT2D eigenvalue weighted by Crippen LogP contribution is 2.27. The van der Waals surface area contributed by atoms with E-state index in [4.69, 9.17) is 4.74 Å². The number of aromatic nitrogens is 2. The third kappa shape index (κ3) is 7.05. The fourth-order valence-corrected chi connectivity index (χ4v) is 4.08. The number of ether oxygens (including phenoxy) is 1. The van der Waals surface area contributed by atoms with E-state index < -0.39 is 10.0 Å². The topological polar surface area (TPSA) is 102 Å². The molecule has 26 heavy (non-hydrogen) atoms. The van der Waals surface area contributed by atoms with Gasteiger partial charge in [-0.25, -0.2) is 18.1 Å². The molecule has 3 atom stereocenters. The summed E-state index contributed by atoms with van der Waals surface area (Å²) in [5, 5.41) is 2.97. The molecular weight excluding hydrogens is 356 g/mol. The first-order chi connectivity index (χ1) is 12.4. The van der Waals surface area contributed by atoms with Gasteiger partial charge in [-0.15, -0.1) is 0 Å². The first-order valence-corrected chi connectivity index (χ1v) is 11.1. The van der Waals surface area contributed by atoms with Gasteiger partial charge in [-0.2, -0.15) is 0 Å². The van der Waals surface area contributed by atoms with Crippen LogP contribution in [0.3, 0.4) is 0 Å². The molecule has 1 aromatic heterocycles. The highest BCUT2D eigenvalue weighted by atomic mass is 32.2. The second-order valence-corrected chi connectivity index (χ2v) is 8.64. The van der Waals surface area contributed by atoms with Crippen LogP contribution >= 0.6 is 0 Å². The van der Waals surface area contributed by atoms with Crippen molar-refractivity contribution in [1.82, 2.24) is 19.6 Å². The van der Waals surface area contributed by atoms with Gasteiger partial charge in [0.25, 0.3) is 0 Å². The van der Waals surface area contributed by atoms with E-state index in [-0.39, 0.29) is 24.0 Å². The summed E-state index contributed by atoms with van der Waals surface area (Å²) in [5.74, 6) is -0.200. The molecule has 9 heteroatoms. The van der Waals surface area contributed by atoms with Crippen LogP contribution in [-0.2, 0) is 26.1 Å². The Labute approximate surface area is 155 Å². The first kappa shape index (κ1) is 20.9. The van der Waals surface area contributed by atoms with Gasteiger partial charge in [-0.3, -0.25) is 4.79 Å². The Morgan fingerprint density at radius 1 is 1.38 bits per heavy atom. The number of imidazole rings is 1. The number of rotatable bonds is 10. The first-order valence-electron chi connectivity index (χ1n) is 9.21. The molecular formula is C17H30N4O4S. The summed E-state index contributed by atoms with van der Waals surface area (Å²) in [4.78, 5) is 16.4. The van der Waals surface area contributed by atoms with Crippen LogP contribution in [0.2, 0.25) is 0 Å². The molecule has 0 radical (unpaired) electrons. The molecule has 1 aliphatic rings. The van der Waals surface area contributed by atoms with Crippen LogP contribution in [0.1, 0.15) is 39.0 Å². The Bertz CT molecular complexity index is 648. The Balaban J connectivity index is 1.81. The number of aryl methyl sites for hydroxylation is 1. The van der Waals surface area contributed by atoms with Crippen molar-refractivity contribution in [2.24, 2.45) is 5.92 Å². The number of sulfonamides is 1. The average molecular weight is 387 g/mol. The molecule has 0 unspecified atom stereocenters. The van der Waals surface area contributed by atoms with Gasteiger partial charge in [0.1, 0.15) is 0 Å². The summed E-state index contributed by atoms with van der Waals surface area (Å²) >= 11 is 0. The van der Waals surface area contributed by atoms with Crippen molar-refractivity contribution in [3.63, 3.8) is 0 Å². The Morgan fingerprint density at radius 3 is 2.85 bits per heavy atom. The summed E-state index contributed by atoms with van der Waals surface area (Å²) in [7, 11) is -3.35. The molecule has 8 nitrogen and oxygen atoms in total. The molecule has 2 N–H and O–H groups in total. The zero-order valence-corrected chi connectivity index (χ0v) is 16.4. The van der Waals surface area contributed by atoms with Crippen LogP contribution in [0.5, 0.6) is 0 Å². The molecule has 0 spiro atoms. The number of carbonyl (C=O) groups excluding carboxylic acids is 1. The van der Waals surface area contributed by atoms with Gasteiger partial charge >= 0.3 is 0 Å². The fourth-order valence-electron chi connectivity index (χ4n) is 3.29. The van der Waals surface area contributed by atoms with Gasteiger partial charge in [0, 0.05) is 44.0 Å². The minimum atomic E-state index is -3.35. The molecule has 1 saturated carbocycles. The zero-order valence-electron chi connectivity index (χ0n) is 15.6. The van der Waals surface area contributed by atoms with Gasteiger partial charge < -0.3 is 14.6 Å². The minimum absolute atomic E-state index is 0.00938. The Hall–Kier alpha value is -1.45. The van der Waals surface area contributed by atoms with Crippen LogP contribution in [0, 0.1) is 5.92 Å². The summed E-state index contributed by atoms with van der Waals surface area (Å²) in [6.07, 6.45) is 9.90. The Kier molecular flexibility index (Phi) is 8.05. The number of nitrogens with zero attached hydrogens (tertiary/aromatic N) is 2. The van der Waals surface area contributed by atoms with E-state index in [1.54, 1.807) is 12.5 Å². The van der Waals surface area contributed by atoms with Crippen LogP contribution in [0.4, 0.5) is 0 Å². The number of carbonyl (C=O) groups is 1. The lowest BCUT2D eigenvalue weighted by Crippen LogP contribution is -2.50. The largest absolute Gasteiger partial charge is 0.377 e. The molecule has 0 saturated heterocycles. The molecule has 0 bridgehead atoms. The molecule has 1 amide bonds. The molecule has 148 valence electrons. The van der Waals surface area contributed by atoms with Crippen molar-refractivity contribution in [3.8, 4) is 0 Å². The van der Waals surface area contributed by atoms with Crippen molar-refractivity contribution in [2.75, 3.05) is 19.4 Å². The van der Waals surface area contributed by atoms with E-state index in [1.165, 1.54) is 0 Å². The molecule has 1 aromatic rings. The second-order valence-electron chi connectivity index (χ2n) is 6.86. The van der Waals surface area contributed by atoms with Gasteiger partial charge in [0.2, 0.25) is 15.9 Å². The average Bonchev–Trinajstić information content (AvgIpc) is 3.09. The van der Waals surface area contributed by atoms with E-state index in [2.05, 4.69) is 15.0 Å². The molecule has 0 aromatic carbocycles. The SMILES string of the molecule is CCCO[C@@H]1CC[C@H](C(=O)NCCCn2ccnc2)C[C@H]1NS(C)(=O)=O. The monoisotopic (exact) mass is 386 g/mol. The number of hydrogen-bond acceptors (Lipinski definition) is 5. The van der Waals surface area contributed by atoms with Crippen molar-refractivity contribution in [2.45, 2.75) is 57.7 Å². The predicted octanol–water partition coefficient (Wildman–Crippen LogP) is 0.903. The van der Waals surface area contributed by atoms with Crippen LogP contribution in [0.25, 0.3) is 0 Å². The smallest absolute Gasteiger partial charge is 0.223 e. The lowest BCUT2D eigenvalue weighted by molar-refractivity contribution is -0.127. The lowest BCUT2D eigenvalue weighted by Gasteiger charge is -2.35. The number of hydrogen-bond donors (Lipinski definition) is 2. The predicted molar refractivity (Wildman–Crippen MR) is 99.0 cm³/mol. The molecule has 1 aliphatic carbocycles. The third-order valence-electron chi connectivity index (χ3n) is 4.51. The van der Waals surface area contributed by atoms with Crippen molar-refractivity contribution >= 4 is 15.9 Å². The van der Waals surface area contributed by atoms with Gasteiger partial charge in [0.05, 0.1) is 18.7 Å². The highest BCUT2D eigenvalue weighted by molar-refractivity contribution is 7.88. The van der Waals surface area contributed by atoms with E-state index in [9.17, 15) is 13.2 Å². The minimum Gasteiger partial charge on any atom is -0.377 e. The maximum absolute atomic E-state index is 12.4. The van der Waals surface area contributed by atoms with E-state index in [1.807, 2.05) is 17.7 Å². The van der Waals surface area contributed by atoms with Crippen LogP contribution < -0.4 is 10.0 Å². The third-order valence-corrected chi connectivity index (χ3v) is 5.24. The van der Waals surface area contributed by atoms with E-state index >= 15 is 0 Å². The maximum Gasteiger partial charge on any atom is 0.223 e. The molecule has 1 heterocycles. The summed E-state index contributed by atoms with van der Waals surface area (Å²) in [6, 6.07) is -0.355. The summed E-state index contributed by atoms with van der Waals surface area (Å²) in [5.41, 5.74) is 0. The lowest BCUT2D eigenvalue weighted by atomic mass is 9.83. The molecule has 2 rings (SSSR count). The van der Waals surface area contributed by atoms with Gasteiger partial charge in [-0.05, 0) is 32.1 Å². The quantitative estimate of drug-likeness (QED) is 0.582. The second kappa shape index (κ2) is 10.0. The summed E-state index contributed by atoms with van der Waals surface area (Å²) < 4.78 is 33.7. The Morgan fingerprint density at radius 2 is 2.19 bits per heavy atom. The molecule has 1 fully saturated rings. The number of amides is 1. The van der Waals surface area contributed by atoms with Crippen molar-refractivity contribution in [3.05, 3.63) is 18.7 Å². The van der Waals surface area contributed by atoms with Gasteiger partial charge in [-0.1, -0.05) is 6.92 Å². The molecule has 0 aliphatic heterocycles. The van der Waals surface area contributed by atoms with E-state index in [0.29, 0.717) is 32.4 Å². The summed E-state index contributed by atoms with van der Waals surface area (Å²) in [6.45, 7) is 4.00. The maximum atomic E-state index is 12.4. The number of nitrogens with one attached hydrogen (secondary N) is 2. The van der Waals surface area contributed by atoms with Crippen molar-refractivity contribution in [1.29, 1.82) is 0 Å². The van der Waals surface area contributed by atoms with Gasteiger partial charge in [0.15, 0.2) is 0 Å². The van der Waals surface area contributed by atoms with Crippen molar-refractivity contribution < 1.29 is 17.9 Å². The highest BCUT2D eigenvalue weighted by Gasteiger charge is 2.35. The fraction of sp³-hybridized carbons (Fsp3) is 0.765. The van der Waals surface area contributed by atoms with E-state index in [0.717, 1.165) is 25.6 Å². The van der Waals surface area contributed by atoms with Crippen LogP contribution in [0.15, 0.2) is 18.7 Å². The zero-order chi connectivity index (χ0) is 19.0. The van der Waals surface area contributed by atoms with Crippen LogP contribution in [-0.4, -0.2) is 55.4 Å².